The van der Waals surface area contributed by atoms with Crippen LogP contribution in [0.15, 0.2) is 27.8 Å². The summed E-state index contributed by atoms with van der Waals surface area (Å²) in [6.45, 7) is 5.59. The predicted octanol–water partition coefficient (Wildman–Crippen LogP) is 3.14. The number of nitro benzene ring substituents is 1. The van der Waals surface area contributed by atoms with Gasteiger partial charge in [-0.05, 0) is 18.6 Å². The predicted molar refractivity (Wildman–Crippen MR) is 85.6 cm³/mol. The molecule has 0 fully saturated rings. The molecule has 0 aliphatic heterocycles. The largest absolute Gasteiger partial charge is 0.416 e. The van der Waals surface area contributed by atoms with Gasteiger partial charge in [0.25, 0.3) is 10.9 Å². The minimum atomic E-state index is -0.525. The van der Waals surface area contributed by atoms with Crippen LogP contribution in [0.5, 0.6) is 0 Å². The molecule has 0 radical (unpaired) electrons. The van der Waals surface area contributed by atoms with E-state index in [1.807, 2.05) is 13.8 Å². The summed E-state index contributed by atoms with van der Waals surface area (Å²) in [6.07, 6.45) is 0. The zero-order valence-corrected chi connectivity index (χ0v) is 13.7. The summed E-state index contributed by atoms with van der Waals surface area (Å²) in [6, 6.07) is 4.62. The third-order valence-electron chi connectivity index (χ3n) is 2.87. The van der Waals surface area contributed by atoms with Crippen molar-refractivity contribution in [3.05, 3.63) is 39.8 Å². The van der Waals surface area contributed by atoms with Gasteiger partial charge in [0.2, 0.25) is 11.8 Å². The molecule has 0 saturated carbocycles. The van der Waals surface area contributed by atoms with Crippen molar-refractivity contribution in [1.82, 2.24) is 10.2 Å². The van der Waals surface area contributed by atoms with E-state index in [9.17, 15) is 14.9 Å². The van der Waals surface area contributed by atoms with Crippen LogP contribution in [0, 0.1) is 17.0 Å². The van der Waals surface area contributed by atoms with Crippen LogP contribution in [-0.4, -0.2) is 26.8 Å². The molecule has 0 saturated heterocycles. The van der Waals surface area contributed by atoms with Crippen LogP contribution in [0.25, 0.3) is 0 Å². The van der Waals surface area contributed by atoms with Crippen LogP contribution < -0.4 is 5.32 Å². The third kappa shape index (κ3) is 4.52. The van der Waals surface area contributed by atoms with E-state index in [0.717, 1.165) is 17.3 Å². The highest BCUT2D eigenvalue weighted by atomic mass is 32.2. The molecule has 0 aliphatic rings. The Hall–Kier alpha value is -2.42. The molecule has 2 aromatic rings. The SMILES string of the molecule is Cc1ccc(NC(=O)CSc2nnc(C(C)C)o2)c([N+](=O)[O-])c1. The smallest absolute Gasteiger partial charge is 0.293 e. The Morgan fingerprint density at radius 2 is 2.17 bits per heavy atom. The first-order chi connectivity index (χ1) is 10.9. The summed E-state index contributed by atoms with van der Waals surface area (Å²) in [5, 5.41) is 21.5. The Bertz CT molecular complexity index is 729. The van der Waals surface area contributed by atoms with Crippen molar-refractivity contribution in [3.63, 3.8) is 0 Å². The molecule has 2 rings (SSSR count). The first-order valence-corrected chi connectivity index (χ1v) is 7.86. The van der Waals surface area contributed by atoms with Crippen LogP contribution in [0.4, 0.5) is 11.4 Å². The Labute approximate surface area is 136 Å². The number of amides is 1. The van der Waals surface area contributed by atoms with Gasteiger partial charge in [-0.2, -0.15) is 0 Å². The Morgan fingerprint density at radius 3 is 2.78 bits per heavy atom. The second-order valence-electron chi connectivity index (χ2n) is 5.18. The van der Waals surface area contributed by atoms with Crippen molar-refractivity contribution in [2.24, 2.45) is 0 Å². The quantitative estimate of drug-likeness (QED) is 0.490. The lowest BCUT2D eigenvalue weighted by Gasteiger charge is -2.05. The summed E-state index contributed by atoms with van der Waals surface area (Å²) in [4.78, 5) is 22.4. The average molecular weight is 336 g/mol. The van der Waals surface area contributed by atoms with E-state index in [2.05, 4.69) is 15.5 Å². The van der Waals surface area contributed by atoms with Crippen LogP contribution in [-0.2, 0) is 4.79 Å². The second kappa shape index (κ2) is 7.23. The van der Waals surface area contributed by atoms with Crippen LogP contribution in [0.2, 0.25) is 0 Å². The van der Waals surface area contributed by atoms with E-state index in [1.165, 1.54) is 12.1 Å². The number of anilines is 1. The topological polar surface area (TPSA) is 111 Å². The Morgan fingerprint density at radius 1 is 1.43 bits per heavy atom. The number of nitrogens with zero attached hydrogens (tertiary/aromatic N) is 3. The maximum Gasteiger partial charge on any atom is 0.293 e. The van der Waals surface area contributed by atoms with Crippen LogP contribution >= 0.6 is 11.8 Å². The standard InChI is InChI=1S/C14H16N4O4S/c1-8(2)13-16-17-14(22-13)23-7-12(19)15-10-5-4-9(3)6-11(10)18(20)21/h4-6,8H,7H2,1-3H3,(H,15,19). The monoisotopic (exact) mass is 336 g/mol. The molecule has 23 heavy (non-hydrogen) atoms. The van der Waals surface area contributed by atoms with E-state index < -0.39 is 4.92 Å². The summed E-state index contributed by atoms with van der Waals surface area (Å²) in [5.41, 5.74) is 0.777. The zero-order valence-electron chi connectivity index (χ0n) is 12.9. The first kappa shape index (κ1) is 16.9. The van der Waals surface area contributed by atoms with Crippen molar-refractivity contribution in [3.8, 4) is 0 Å². The van der Waals surface area contributed by atoms with Gasteiger partial charge in [0.05, 0.1) is 10.7 Å². The number of hydrogen-bond donors (Lipinski definition) is 1. The number of nitrogens with one attached hydrogen (secondary N) is 1. The van der Waals surface area contributed by atoms with Gasteiger partial charge in [0.15, 0.2) is 0 Å². The summed E-state index contributed by atoms with van der Waals surface area (Å²) < 4.78 is 5.38. The van der Waals surface area contributed by atoms with Gasteiger partial charge in [-0.1, -0.05) is 31.7 Å². The van der Waals surface area contributed by atoms with Crippen molar-refractivity contribution in [2.75, 3.05) is 11.1 Å². The summed E-state index contributed by atoms with van der Waals surface area (Å²) in [7, 11) is 0. The second-order valence-corrected chi connectivity index (χ2v) is 6.10. The number of hydrogen-bond acceptors (Lipinski definition) is 7. The molecule has 0 unspecified atom stereocenters. The molecule has 0 aliphatic carbocycles. The van der Waals surface area contributed by atoms with E-state index >= 15 is 0 Å². The van der Waals surface area contributed by atoms with Crippen LogP contribution in [0.1, 0.15) is 31.2 Å². The van der Waals surface area contributed by atoms with Gasteiger partial charge >= 0.3 is 0 Å². The van der Waals surface area contributed by atoms with Crippen molar-refractivity contribution in [2.45, 2.75) is 31.9 Å². The van der Waals surface area contributed by atoms with E-state index in [0.29, 0.717) is 11.1 Å². The molecule has 0 spiro atoms. The van der Waals surface area contributed by atoms with Crippen molar-refractivity contribution in [1.29, 1.82) is 0 Å². The third-order valence-corrected chi connectivity index (χ3v) is 3.69. The molecule has 1 aromatic carbocycles. The normalized spacial score (nSPS) is 10.8. The van der Waals surface area contributed by atoms with Crippen LogP contribution in [0.3, 0.4) is 0 Å². The molecular weight excluding hydrogens is 320 g/mol. The minimum absolute atomic E-state index is 0.0186. The highest BCUT2D eigenvalue weighted by molar-refractivity contribution is 7.99. The molecule has 1 aromatic heterocycles. The maximum atomic E-state index is 11.9. The van der Waals surface area contributed by atoms with Gasteiger partial charge in [0.1, 0.15) is 5.69 Å². The number of rotatable bonds is 6. The van der Waals surface area contributed by atoms with E-state index in [1.54, 1.807) is 13.0 Å². The summed E-state index contributed by atoms with van der Waals surface area (Å²) >= 11 is 1.08. The lowest BCUT2D eigenvalue weighted by molar-refractivity contribution is -0.384. The number of carbonyl (C=O) groups is 1. The van der Waals surface area contributed by atoms with Gasteiger partial charge in [-0.25, -0.2) is 0 Å². The molecule has 1 amide bonds. The fourth-order valence-corrected chi connectivity index (χ4v) is 2.29. The molecule has 1 heterocycles. The number of thioether (sulfide) groups is 1. The summed E-state index contributed by atoms with van der Waals surface area (Å²) in [5.74, 6) is 0.249. The highest BCUT2D eigenvalue weighted by Crippen LogP contribution is 2.26. The molecule has 1 N–H and O–H groups in total. The van der Waals surface area contributed by atoms with Crippen molar-refractivity contribution < 1.29 is 14.1 Å². The number of nitro groups is 1. The Kier molecular flexibility index (Phi) is 5.32. The lowest BCUT2D eigenvalue weighted by atomic mass is 10.2. The van der Waals surface area contributed by atoms with E-state index in [4.69, 9.17) is 4.42 Å². The number of aryl methyl sites for hydroxylation is 1. The number of carbonyl (C=O) groups excluding carboxylic acids is 1. The molecule has 9 heteroatoms. The minimum Gasteiger partial charge on any atom is -0.416 e. The molecule has 8 nitrogen and oxygen atoms in total. The molecule has 0 bridgehead atoms. The lowest BCUT2D eigenvalue weighted by Crippen LogP contribution is -2.15. The molecule has 122 valence electrons. The van der Waals surface area contributed by atoms with E-state index in [-0.39, 0.29) is 29.0 Å². The fourth-order valence-electron chi connectivity index (χ4n) is 1.72. The maximum absolute atomic E-state index is 11.9. The van der Waals surface area contributed by atoms with Gasteiger partial charge in [-0.15, -0.1) is 10.2 Å². The highest BCUT2D eigenvalue weighted by Gasteiger charge is 2.17. The number of benzene rings is 1. The zero-order chi connectivity index (χ0) is 17.0. The van der Waals surface area contributed by atoms with Crippen molar-refractivity contribution >= 4 is 29.0 Å². The molecular formula is C14H16N4O4S. The van der Waals surface area contributed by atoms with Gasteiger partial charge in [0, 0.05) is 12.0 Å². The number of aromatic nitrogens is 2. The fraction of sp³-hybridized carbons (Fsp3) is 0.357. The van der Waals surface area contributed by atoms with Gasteiger partial charge < -0.3 is 9.73 Å². The average Bonchev–Trinajstić information content (AvgIpc) is 2.96. The first-order valence-electron chi connectivity index (χ1n) is 6.88. The van der Waals surface area contributed by atoms with Gasteiger partial charge in [-0.3, -0.25) is 14.9 Å². The Balaban J connectivity index is 1.98. The molecule has 0 atom stereocenters.